The van der Waals surface area contributed by atoms with Gasteiger partial charge in [-0.1, -0.05) is 34.1 Å². The third kappa shape index (κ3) is 7.73. The van der Waals surface area contributed by atoms with Crippen molar-refractivity contribution in [2.45, 2.75) is 20.0 Å². The first kappa shape index (κ1) is 26.6. The molecule has 3 rings (SSSR count). The van der Waals surface area contributed by atoms with Gasteiger partial charge in [0.15, 0.2) is 23.0 Å². The quantitative estimate of drug-likeness (QED) is 0.217. The minimum atomic E-state index is -0.257. The van der Waals surface area contributed by atoms with Crippen molar-refractivity contribution >= 4 is 44.0 Å². The zero-order valence-electron chi connectivity index (χ0n) is 19.6. The van der Waals surface area contributed by atoms with Crippen LogP contribution >= 0.6 is 31.9 Å². The number of hydrogen-bond donors (Lipinski definition) is 1. The Kier molecular flexibility index (Phi) is 9.98. The minimum Gasteiger partial charge on any atom is -0.493 e. The van der Waals surface area contributed by atoms with Gasteiger partial charge in [0.2, 0.25) is 5.91 Å². The second-order valence-electron chi connectivity index (χ2n) is 7.34. The summed E-state index contributed by atoms with van der Waals surface area (Å²) in [6.07, 6.45) is 1.70. The SMILES string of the molecule is CCOc1cc(/C=N/NC(=O)Cc2ccc(OC)c(OC)c2)cc(Br)c1OCc1ccc(Br)cc1. The summed E-state index contributed by atoms with van der Waals surface area (Å²) >= 11 is 6.99. The van der Waals surface area contributed by atoms with Gasteiger partial charge in [-0.25, -0.2) is 5.43 Å². The summed E-state index contributed by atoms with van der Waals surface area (Å²) in [6, 6.07) is 16.9. The van der Waals surface area contributed by atoms with Gasteiger partial charge in [0.1, 0.15) is 6.61 Å². The molecule has 0 fully saturated rings. The van der Waals surface area contributed by atoms with Gasteiger partial charge in [-0.2, -0.15) is 5.10 Å². The summed E-state index contributed by atoms with van der Waals surface area (Å²) in [6.45, 7) is 2.77. The first-order valence-electron chi connectivity index (χ1n) is 10.8. The van der Waals surface area contributed by atoms with Crippen molar-refractivity contribution in [2.75, 3.05) is 20.8 Å². The maximum atomic E-state index is 12.3. The Bertz CT molecular complexity index is 1180. The molecular weight excluding hydrogens is 580 g/mol. The number of nitrogens with one attached hydrogen (secondary N) is 1. The lowest BCUT2D eigenvalue weighted by Crippen LogP contribution is -2.19. The van der Waals surface area contributed by atoms with E-state index < -0.39 is 0 Å². The minimum absolute atomic E-state index is 0.147. The molecule has 1 N–H and O–H groups in total. The van der Waals surface area contributed by atoms with Gasteiger partial charge in [0.25, 0.3) is 0 Å². The normalized spacial score (nSPS) is 10.8. The Balaban J connectivity index is 1.65. The Morgan fingerprint density at radius 1 is 0.914 bits per heavy atom. The summed E-state index contributed by atoms with van der Waals surface area (Å²) in [5.74, 6) is 2.10. The number of ether oxygens (including phenoxy) is 4. The van der Waals surface area contributed by atoms with Crippen molar-refractivity contribution in [1.82, 2.24) is 5.43 Å². The van der Waals surface area contributed by atoms with Crippen LogP contribution in [0.25, 0.3) is 0 Å². The van der Waals surface area contributed by atoms with Crippen molar-refractivity contribution < 1.29 is 23.7 Å². The fraction of sp³-hybridized carbons (Fsp3) is 0.231. The number of hydrogen-bond acceptors (Lipinski definition) is 6. The Morgan fingerprint density at radius 2 is 1.63 bits per heavy atom. The molecule has 35 heavy (non-hydrogen) atoms. The molecule has 0 aliphatic rings. The standard InChI is InChI=1S/C26H26Br2N2O5/c1-4-34-24-13-19(11-21(28)26(24)35-16-17-5-8-20(27)9-6-17)15-29-30-25(31)14-18-7-10-22(32-2)23(12-18)33-3/h5-13,15H,4,14,16H2,1-3H3,(H,30,31)/b29-15+. The zero-order valence-corrected chi connectivity index (χ0v) is 22.8. The van der Waals surface area contributed by atoms with Gasteiger partial charge in [-0.15, -0.1) is 0 Å². The Morgan fingerprint density at radius 3 is 2.31 bits per heavy atom. The molecule has 7 nitrogen and oxygen atoms in total. The van der Waals surface area contributed by atoms with Crippen molar-refractivity contribution in [3.63, 3.8) is 0 Å². The van der Waals surface area contributed by atoms with Crippen LogP contribution in [0.5, 0.6) is 23.0 Å². The van der Waals surface area contributed by atoms with Crippen LogP contribution in [0.15, 0.2) is 68.6 Å². The number of methoxy groups -OCH3 is 2. The van der Waals surface area contributed by atoms with E-state index in [4.69, 9.17) is 18.9 Å². The summed E-state index contributed by atoms with van der Waals surface area (Å²) < 4.78 is 24.0. The first-order valence-corrected chi connectivity index (χ1v) is 12.4. The molecule has 9 heteroatoms. The number of nitrogens with zero attached hydrogens (tertiary/aromatic N) is 1. The molecule has 3 aromatic carbocycles. The lowest BCUT2D eigenvalue weighted by Gasteiger charge is -2.14. The molecule has 0 heterocycles. The smallest absolute Gasteiger partial charge is 0.244 e. The largest absolute Gasteiger partial charge is 0.493 e. The number of rotatable bonds is 11. The van der Waals surface area contributed by atoms with Gasteiger partial charge in [0, 0.05) is 4.47 Å². The molecular formula is C26H26Br2N2O5. The highest BCUT2D eigenvalue weighted by atomic mass is 79.9. The van der Waals surface area contributed by atoms with Crippen LogP contribution < -0.4 is 24.4 Å². The van der Waals surface area contributed by atoms with Gasteiger partial charge < -0.3 is 18.9 Å². The van der Waals surface area contributed by atoms with Gasteiger partial charge >= 0.3 is 0 Å². The molecule has 0 saturated carbocycles. The fourth-order valence-corrected chi connectivity index (χ4v) is 4.03. The lowest BCUT2D eigenvalue weighted by molar-refractivity contribution is -0.120. The van der Waals surface area contributed by atoms with E-state index in [-0.39, 0.29) is 12.3 Å². The molecule has 0 bridgehead atoms. The number of carbonyl (C=O) groups excluding carboxylic acids is 1. The van der Waals surface area contributed by atoms with Crippen LogP contribution in [0.2, 0.25) is 0 Å². The summed E-state index contributed by atoms with van der Waals surface area (Å²) in [5, 5.41) is 4.09. The van der Waals surface area contributed by atoms with Gasteiger partial charge in [0.05, 0.1) is 37.9 Å². The number of hydrazone groups is 1. The molecule has 1 amide bonds. The van der Waals surface area contributed by atoms with Crippen LogP contribution in [0.1, 0.15) is 23.6 Å². The van der Waals surface area contributed by atoms with E-state index in [1.165, 1.54) is 0 Å². The number of amides is 1. The highest BCUT2D eigenvalue weighted by Gasteiger charge is 2.13. The average Bonchev–Trinajstić information content (AvgIpc) is 2.84. The second kappa shape index (κ2) is 13.2. The van der Waals surface area contributed by atoms with E-state index in [9.17, 15) is 4.79 Å². The van der Waals surface area contributed by atoms with E-state index in [1.807, 2.05) is 49.4 Å². The summed E-state index contributed by atoms with van der Waals surface area (Å²) in [7, 11) is 3.12. The maximum Gasteiger partial charge on any atom is 0.244 e. The number of carbonyl (C=O) groups is 1. The van der Waals surface area contributed by atoms with E-state index in [0.717, 1.165) is 25.6 Å². The van der Waals surface area contributed by atoms with Crippen molar-refractivity contribution in [1.29, 1.82) is 0 Å². The van der Waals surface area contributed by atoms with Crippen LogP contribution in [-0.4, -0.2) is 32.9 Å². The van der Waals surface area contributed by atoms with E-state index >= 15 is 0 Å². The zero-order chi connectivity index (χ0) is 25.2. The molecule has 0 radical (unpaired) electrons. The second-order valence-corrected chi connectivity index (χ2v) is 9.11. The third-order valence-electron chi connectivity index (χ3n) is 4.84. The molecule has 3 aromatic rings. The molecule has 0 unspecified atom stereocenters. The van der Waals surface area contributed by atoms with Crippen molar-refractivity contribution in [2.24, 2.45) is 5.10 Å². The predicted octanol–water partition coefficient (Wildman–Crippen LogP) is 5.90. The lowest BCUT2D eigenvalue weighted by atomic mass is 10.1. The Hall–Kier alpha value is -3.04. The highest BCUT2D eigenvalue weighted by Crippen LogP contribution is 2.37. The molecule has 0 aliphatic heterocycles. The number of benzene rings is 3. The predicted molar refractivity (Wildman–Crippen MR) is 143 cm³/mol. The summed E-state index contributed by atoms with van der Waals surface area (Å²) in [4.78, 5) is 12.3. The Labute approximate surface area is 221 Å². The first-order chi connectivity index (χ1) is 16.9. The molecule has 0 saturated heterocycles. The van der Waals surface area contributed by atoms with E-state index in [2.05, 4.69) is 42.4 Å². The van der Waals surface area contributed by atoms with Gasteiger partial charge in [-0.3, -0.25) is 4.79 Å². The monoisotopic (exact) mass is 604 g/mol. The average molecular weight is 606 g/mol. The van der Waals surface area contributed by atoms with Crippen LogP contribution in [0, 0.1) is 0 Å². The summed E-state index contributed by atoms with van der Waals surface area (Å²) in [5.41, 5.74) is 5.10. The van der Waals surface area contributed by atoms with Crippen LogP contribution in [0.4, 0.5) is 0 Å². The molecule has 0 aromatic heterocycles. The molecule has 184 valence electrons. The van der Waals surface area contributed by atoms with E-state index in [1.54, 1.807) is 32.6 Å². The molecule has 0 aliphatic carbocycles. The molecule has 0 atom stereocenters. The van der Waals surface area contributed by atoms with E-state index in [0.29, 0.717) is 36.2 Å². The van der Waals surface area contributed by atoms with Crippen LogP contribution in [-0.2, 0) is 17.8 Å². The van der Waals surface area contributed by atoms with Crippen molar-refractivity contribution in [3.05, 3.63) is 80.2 Å². The maximum absolute atomic E-state index is 12.3. The molecule has 0 spiro atoms. The van der Waals surface area contributed by atoms with Crippen molar-refractivity contribution in [3.8, 4) is 23.0 Å². The van der Waals surface area contributed by atoms with Gasteiger partial charge in [-0.05, 0) is 75.9 Å². The highest BCUT2D eigenvalue weighted by molar-refractivity contribution is 9.10. The number of halogens is 2. The van der Waals surface area contributed by atoms with Crippen LogP contribution in [0.3, 0.4) is 0 Å². The third-order valence-corrected chi connectivity index (χ3v) is 5.96. The topological polar surface area (TPSA) is 78.4 Å². The fourth-order valence-electron chi connectivity index (χ4n) is 3.20.